The minimum Gasteiger partial charge on any atom is -0.368 e. The lowest BCUT2D eigenvalue weighted by Gasteiger charge is -2.29. The molecule has 1 amide bonds. The van der Waals surface area contributed by atoms with Gasteiger partial charge in [-0.3, -0.25) is 4.79 Å². The van der Waals surface area contributed by atoms with Crippen LogP contribution in [0.5, 0.6) is 0 Å². The predicted octanol–water partition coefficient (Wildman–Crippen LogP) is 3.03. The molecule has 8 heteroatoms. The number of nitrogens with one attached hydrogen (secondary N) is 3. The average molecular weight is 440 g/mol. The normalized spacial score (nSPS) is 15.5. The van der Waals surface area contributed by atoms with Gasteiger partial charge in [-0.15, -0.1) is 0 Å². The third kappa shape index (κ3) is 3.39. The second-order valence-electron chi connectivity index (χ2n) is 8.49. The Labute approximate surface area is 191 Å². The van der Waals surface area contributed by atoms with Crippen molar-refractivity contribution < 1.29 is 4.79 Å². The number of imidazole rings is 1. The van der Waals surface area contributed by atoms with Gasteiger partial charge in [0.25, 0.3) is 5.91 Å². The molecule has 3 N–H and O–H groups in total. The van der Waals surface area contributed by atoms with Crippen LogP contribution in [-0.4, -0.2) is 46.6 Å². The fraction of sp³-hybridized carbons (Fsp3) is 0.240. The molecule has 0 atom stereocenters. The SMILES string of the molecule is Cn1cnc2c(-c3ccc(Nc4ccc(N5CCNCC5)cn4)c4c3CNC4=O)cccc21. The first-order valence-corrected chi connectivity index (χ1v) is 11.2. The van der Waals surface area contributed by atoms with Crippen molar-refractivity contribution in [2.45, 2.75) is 6.54 Å². The second kappa shape index (κ2) is 7.90. The lowest BCUT2D eigenvalue weighted by Crippen LogP contribution is -2.43. The number of anilines is 3. The number of rotatable bonds is 4. The zero-order valence-electron chi connectivity index (χ0n) is 18.4. The zero-order chi connectivity index (χ0) is 22.4. The van der Waals surface area contributed by atoms with Crippen LogP contribution in [0.25, 0.3) is 22.2 Å². The molecule has 2 aromatic carbocycles. The summed E-state index contributed by atoms with van der Waals surface area (Å²) < 4.78 is 2.01. The molecule has 8 nitrogen and oxygen atoms in total. The van der Waals surface area contributed by atoms with Gasteiger partial charge < -0.3 is 25.4 Å². The quantitative estimate of drug-likeness (QED) is 0.453. The highest BCUT2D eigenvalue weighted by Crippen LogP contribution is 2.37. The fourth-order valence-corrected chi connectivity index (χ4v) is 4.79. The first kappa shape index (κ1) is 19.8. The average Bonchev–Trinajstić information content (AvgIpc) is 3.44. The van der Waals surface area contributed by atoms with Crippen LogP contribution in [0.2, 0.25) is 0 Å². The molecule has 0 spiro atoms. The van der Waals surface area contributed by atoms with Gasteiger partial charge in [-0.05, 0) is 35.4 Å². The van der Waals surface area contributed by atoms with Crippen LogP contribution < -0.4 is 20.9 Å². The van der Waals surface area contributed by atoms with E-state index in [0.29, 0.717) is 12.1 Å². The zero-order valence-corrected chi connectivity index (χ0v) is 18.4. The largest absolute Gasteiger partial charge is 0.368 e. The summed E-state index contributed by atoms with van der Waals surface area (Å²) in [5, 5.41) is 9.72. The van der Waals surface area contributed by atoms with Gasteiger partial charge in [0.2, 0.25) is 0 Å². The van der Waals surface area contributed by atoms with E-state index >= 15 is 0 Å². The lowest BCUT2D eigenvalue weighted by molar-refractivity contribution is 0.0966. The number of carbonyl (C=O) groups is 1. The van der Waals surface area contributed by atoms with E-state index in [2.05, 4.69) is 55.1 Å². The van der Waals surface area contributed by atoms with Crippen LogP contribution in [0.15, 0.2) is 55.0 Å². The van der Waals surface area contributed by atoms with Crippen LogP contribution in [-0.2, 0) is 13.6 Å². The van der Waals surface area contributed by atoms with Crippen molar-refractivity contribution in [2.24, 2.45) is 7.05 Å². The van der Waals surface area contributed by atoms with Crippen molar-refractivity contribution in [2.75, 3.05) is 36.4 Å². The number of hydrogen-bond acceptors (Lipinski definition) is 6. The molecule has 33 heavy (non-hydrogen) atoms. The summed E-state index contributed by atoms with van der Waals surface area (Å²) in [7, 11) is 1.99. The van der Waals surface area contributed by atoms with Gasteiger partial charge in [0.15, 0.2) is 0 Å². The Morgan fingerprint density at radius 3 is 2.70 bits per heavy atom. The molecule has 4 aromatic rings. The highest BCUT2D eigenvalue weighted by atomic mass is 16.1. The molecule has 1 fully saturated rings. The van der Waals surface area contributed by atoms with Crippen molar-refractivity contribution in [3.05, 3.63) is 66.1 Å². The maximum atomic E-state index is 12.8. The molecule has 0 unspecified atom stereocenters. The summed E-state index contributed by atoms with van der Waals surface area (Å²) >= 11 is 0. The van der Waals surface area contributed by atoms with Crippen molar-refractivity contribution in [3.63, 3.8) is 0 Å². The van der Waals surface area contributed by atoms with E-state index < -0.39 is 0 Å². The van der Waals surface area contributed by atoms with Crippen LogP contribution in [0, 0.1) is 0 Å². The number of piperazine rings is 1. The molecule has 0 bridgehead atoms. The Balaban J connectivity index is 1.35. The molecule has 2 aliphatic rings. The molecule has 166 valence electrons. The maximum absolute atomic E-state index is 12.8. The highest BCUT2D eigenvalue weighted by Gasteiger charge is 2.27. The molecule has 2 aliphatic heterocycles. The van der Waals surface area contributed by atoms with Gasteiger partial charge in [0.05, 0.1) is 40.5 Å². The van der Waals surface area contributed by atoms with Crippen molar-refractivity contribution in [3.8, 4) is 11.1 Å². The number of aromatic nitrogens is 3. The number of pyridine rings is 1. The number of carbonyl (C=O) groups excluding carboxylic acids is 1. The van der Waals surface area contributed by atoms with E-state index in [0.717, 1.165) is 71.1 Å². The molecule has 4 heterocycles. The van der Waals surface area contributed by atoms with Crippen LogP contribution in [0.1, 0.15) is 15.9 Å². The first-order valence-electron chi connectivity index (χ1n) is 11.2. The summed E-state index contributed by atoms with van der Waals surface area (Å²) in [5.74, 6) is 0.648. The molecule has 2 aromatic heterocycles. The van der Waals surface area contributed by atoms with Crippen LogP contribution in [0.3, 0.4) is 0 Å². The summed E-state index contributed by atoms with van der Waals surface area (Å²) in [6.45, 7) is 4.43. The Morgan fingerprint density at radius 2 is 1.88 bits per heavy atom. The Kier molecular flexibility index (Phi) is 4.73. The molecule has 0 aliphatic carbocycles. The van der Waals surface area contributed by atoms with Gasteiger partial charge in [-0.2, -0.15) is 0 Å². The third-order valence-corrected chi connectivity index (χ3v) is 6.50. The fourth-order valence-electron chi connectivity index (χ4n) is 4.79. The third-order valence-electron chi connectivity index (χ3n) is 6.50. The summed E-state index contributed by atoms with van der Waals surface area (Å²) in [6.07, 6.45) is 3.72. The van der Waals surface area contributed by atoms with E-state index in [-0.39, 0.29) is 5.91 Å². The van der Waals surface area contributed by atoms with Crippen molar-refractivity contribution in [1.29, 1.82) is 0 Å². The standard InChI is InChI=1S/C25H25N7O/c1-31-15-29-24-18(3-2-4-21(24)31)17-6-7-20(23-19(17)14-28-25(23)33)30-22-8-5-16(13-27-22)32-11-9-26-10-12-32/h2-8,13,15,26H,9-12,14H2,1H3,(H,27,30)(H,28,33). The maximum Gasteiger partial charge on any atom is 0.254 e. The van der Waals surface area contributed by atoms with Crippen molar-refractivity contribution >= 4 is 34.1 Å². The topological polar surface area (TPSA) is 87.1 Å². The molecular formula is C25H25N7O. The van der Waals surface area contributed by atoms with Gasteiger partial charge in [-0.1, -0.05) is 18.2 Å². The number of para-hydroxylation sites is 1. The number of aryl methyl sites for hydroxylation is 1. The minimum atomic E-state index is -0.0695. The van der Waals surface area contributed by atoms with Gasteiger partial charge in [-0.25, -0.2) is 9.97 Å². The first-order chi connectivity index (χ1) is 16.2. The highest BCUT2D eigenvalue weighted by molar-refractivity contribution is 6.07. The van der Waals surface area contributed by atoms with E-state index in [9.17, 15) is 4.79 Å². The minimum absolute atomic E-state index is 0.0695. The van der Waals surface area contributed by atoms with E-state index in [4.69, 9.17) is 0 Å². The molecule has 0 saturated carbocycles. The number of nitrogens with zero attached hydrogens (tertiary/aromatic N) is 4. The van der Waals surface area contributed by atoms with E-state index in [1.165, 1.54) is 0 Å². The summed E-state index contributed by atoms with van der Waals surface area (Å²) in [4.78, 5) is 24.3. The number of fused-ring (bicyclic) bond motifs is 2. The number of benzene rings is 2. The smallest absolute Gasteiger partial charge is 0.254 e. The summed E-state index contributed by atoms with van der Waals surface area (Å²) in [6, 6.07) is 14.2. The summed E-state index contributed by atoms with van der Waals surface area (Å²) in [5.41, 5.74) is 7.60. The molecule has 1 saturated heterocycles. The number of amides is 1. The lowest BCUT2D eigenvalue weighted by atomic mass is 9.94. The number of hydrogen-bond donors (Lipinski definition) is 3. The van der Waals surface area contributed by atoms with Crippen LogP contribution >= 0.6 is 0 Å². The second-order valence-corrected chi connectivity index (χ2v) is 8.49. The van der Waals surface area contributed by atoms with Crippen LogP contribution in [0.4, 0.5) is 17.2 Å². The molecular weight excluding hydrogens is 414 g/mol. The van der Waals surface area contributed by atoms with E-state index in [1.54, 1.807) is 0 Å². The van der Waals surface area contributed by atoms with Gasteiger partial charge in [0.1, 0.15) is 5.82 Å². The van der Waals surface area contributed by atoms with Gasteiger partial charge >= 0.3 is 0 Å². The Bertz CT molecular complexity index is 1350. The van der Waals surface area contributed by atoms with Crippen molar-refractivity contribution in [1.82, 2.24) is 25.2 Å². The molecule has 0 radical (unpaired) electrons. The Morgan fingerprint density at radius 1 is 1.00 bits per heavy atom. The molecule has 6 rings (SSSR count). The van der Waals surface area contributed by atoms with Gasteiger partial charge in [0, 0.05) is 45.3 Å². The monoisotopic (exact) mass is 439 g/mol. The Hall–Kier alpha value is -3.91. The predicted molar refractivity (Wildman–Crippen MR) is 130 cm³/mol. The van der Waals surface area contributed by atoms with E-state index in [1.807, 2.05) is 42.3 Å².